The second kappa shape index (κ2) is 6.27. The number of ether oxygens (including phenoxy) is 1. The average molecular weight is 262 g/mol. The molecule has 1 aromatic heterocycles. The van der Waals surface area contributed by atoms with Crippen LogP contribution < -0.4 is 10.1 Å². The number of benzene rings is 1. The Balaban J connectivity index is 2.01. The zero-order valence-electron chi connectivity index (χ0n) is 11.3. The molecule has 19 heavy (non-hydrogen) atoms. The van der Waals surface area contributed by atoms with Crippen LogP contribution in [0.1, 0.15) is 18.9 Å². The summed E-state index contributed by atoms with van der Waals surface area (Å²) in [4.78, 5) is 0. The smallest absolute Gasteiger partial charge is 0.146 e. The Labute approximate surface area is 113 Å². The first-order valence-corrected chi connectivity index (χ1v) is 6.45. The van der Waals surface area contributed by atoms with Crippen LogP contribution >= 0.6 is 0 Å². The van der Waals surface area contributed by atoms with Gasteiger partial charge in [0.2, 0.25) is 0 Å². The van der Waals surface area contributed by atoms with E-state index < -0.39 is 0 Å². The highest BCUT2D eigenvalue weighted by Crippen LogP contribution is 2.21. The predicted molar refractivity (Wildman–Crippen MR) is 75.0 cm³/mol. The predicted octanol–water partition coefficient (Wildman–Crippen LogP) is 3.66. The molecule has 4 heteroatoms. The van der Waals surface area contributed by atoms with Crippen molar-refractivity contribution in [2.24, 2.45) is 0 Å². The quantitative estimate of drug-likeness (QED) is 0.860. The molecule has 1 N–H and O–H groups in total. The Kier molecular flexibility index (Phi) is 4.44. The van der Waals surface area contributed by atoms with Crippen molar-refractivity contribution in [3.05, 3.63) is 48.0 Å². The van der Waals surface area contributed by atoms with Gasteiger partial charge in [-0.3, -0.25) is 0 Å². The number of aryl methyl sites for hydroxylation is 1. The van der Waals surface area contributed by atoms with E-state index in [4.69, 9.17) is 4.74 Å². The maximum Gasteiger partial charge on any atom is 0.146 e. The monoisotopic (exact) mass is 262 g/mol. The van der Waals surface area contributed by atoms with Crippen molar-refractivity contribution in [1.29, 1.82) is 0 Å². The first-order valence-electron chi connectivity index (χ1n) is 6.45. The minimum absolute atomic E-state index is 0.270. The van der Waals surface area contributed by atoms with Gasteiger partial charge in [0.1, 0.15) is 11.6 Å². The third-order valence-electron chi connectivity index (χ3n) is 2.95. The van der Waals surface area contributed by atoms with Crippen molar-refractivity contribution in [3.63, 3.8) is 0 Å². The van der Waals surface area contributed by atoms with Gasteiger partial charge in [-0.05, 0) is 30.2 Å². The molecule has 0 aliphatic rings. The maximum atomic E-state index is 13.6. The average Bonchev–Trinajstić information content (AvgIpc) is 2.86. The number of halogens is 1. The van der Waals surface area contributed by atoms with Gasteiger partial charge in [-0.15, -0.1) is 0 Å². The van der Waals surface area contributed by atoms with Gasteiger partial charge < -0.3 is 14.6 Å². The number of nitrogens with zero attached hydrogens (tertiary/aromatic N) is 1. The lowest BCUT2D eigenvalue weighted by molar-refractivity contribution is 0.414. The van der Waals surface area contributed by atoms with Crippen molar-refractivity contribution < 1.29 is 9.13 Å². The van der Waals surface area contributed by atoms with E-state index >= 15 is 0 Å². The van der Waals surface area contributed by atoms with Crippen LogP contribution in [0.2, 0.25) is 0 Å². The molecular weight excluding hydrogens is 243 g/mol. The Morgan fingerprint density at radius 2 is 2.16 bits per heavy atom. The lowest BCUT2D eigenvalue weighted by Gasteiger charge is -2.08. The Morgan fingerprint density at radius 1 is 1.32 bits per heavy atom. The molecule has 0 aliphatic heterocycles. The number of aromatic nitrogens is 1. The zero-order valence-corrected chi connectivity index (χ0v) is 11.3. The van der Waals surface area contributed by atoms with Crippen LogP contribution in [0.3, 0.4) is 0 Å². The van der Waals surface area contributed by atoms with Crippen LogP contribution in [0.25, 0.3) is 0 Å². The van der Waals surface area contributed by atoms with E-state index in [1.54, 1.807) is 19.2 Å². The van der Waals surface area contributed by atoms with Crippen LogP contribution in [0.15, 0.2) is 36.7 Å². The molecule has 1 heterocycles. The molecule has 0 fully saturated rings. The Bertz CT molecular complexity index is 537. The van der Waals surface area contributed by atoms with Crippen molar-refractivity contribution in [3.8, 4) is 5.75 Å². The fourth-order valence-electron chi connectivity index (χ4n) is 1.96. The second-order valence-electron chi connectivity index (χ2n) is 4.46. The molecular formula is C15H19FN2O. The van der Waals surface area contributed by atoms with Gasteiger partial charge >= 0.3 is 0 Å². The second-order valence-corrected chi connectivity index (χ2v) is 4.46. The molecule has 0 saturated heterocycles. The summed E-state index contributed by atoms with van der Waals surface area (Å²) in [7, 11) is 1.57. The number of nitrogens with one attached hydrogen (secondary N) is 1. The molecule has 3 nitrogen and oxygen atoms in total. The van der Waals surface area contributed by atoms with Gasteiger partial charge in [0.05, 0.1) is 12.8 Å². The molecule has 102 valence electrons. The summed E-state index contributed by atoms with van der Waals surface area (Å²) in [6.07, 6.45) is 5.23. The van der Waals surface area contributed by atoms with Gasteiger partial charge in [-0.25, -0.2) is 4.39 Å². The number of hydrogen-bond acceptors (Lipinski definition) is 2. The minimum atomic E-state index is -0.270. The highest BCUT2D eigenvalue weighted by Gasteiger charge is 2.04. The summed E-state index contributed by atoms with van der Waals surface area (Å²) in [5, 5.41) is 3.09. The molecule has 0 aliphatic carbocycles. The first-order chi connectivity index (χ1) is 9.22. The number of methoxy groups -OCH3 is 1. The Hall–Kier alpha value is -1.97. The standard InChI is InChI=1S/C15H19FN2O/c1-3-7-18-8-6-12(11-18)10-17-15-9-13(19-2)4-5-14(15)16/h4-6,8-9,11,17H,3,7,10H2,1-2H3. The van der Waals surface area contributed by atoms with E-state index in [-0.39, 0.29) is 5.82 Å². The lowest BCUT2D eigenvalue weighted by Crippen LogP contribution is -2.01. The van der Waals surface area contributed by atoms with E-state index in [2.05, 4.69) is 23.0 Å². The van der Waals surface area contributed by atoms with E-state index in [0.717, 1.165) is 18.5 Å². The molecule has 0 bridgehead atoms. The van der Waals surface area contributed by atoms with Crippen LogP contribution in [0.4, 0.5) is 10.1 Å². The van der Waals surface area contributed by atoms with Gasteiger partial charge in [0.15, 0.2) is 0 Å². The lowest BCUT2D eigenvalue weighted by atomic mass is 10.2. The summed E-state index contributed by atoms with van der Waals surface area (Å²) in [6.45, 7) is 3.75. The molecule has 0 unspecified atom stereocenters. The van der Waals surface area contributed by atoms with Crippen molar-refractivity contribution in [2.45, 2.75) is 26.4 Å². The largest absolute Gasteiger partial charge is 0.497 e. The molecule has 2 aromatic rings. The topological polar surface area (TPSA) is 26.2 Å². The first kappa shape index (κ1) is 13.5. The minimum Gasteiger partial charge on any atom is -0.497 e. The molecule has 2 rings (SSSR count). The van der Waals surface area contributed by atoms with Crippen LogP contribution in [-0.2, 0) is 13.1 Å². The maximum absolute atomic E-state index is 13.6. The van der Waals surface area contributed by atoms with E-state index in [0.29, 0.717) is 18.0 Å². The summed E-state index contributed by atoms with van der Waals surface area (Å²) >= 11 is 0. The normalized spacial score (nSPS) is 10.5. The summed E-state index contributed by atoms with van der Waals surface area (Å²) in [6, 6.07) is 6.72. The van der Waals surface area contributed by atoms with E-state index in [1.807, 2.05) is 12.3 Å². The van der Waals surface area contributed by atoms with Gasteiger partial charge in [-0.2, -0.15) is 0 Å². The van der Waals surface area contributed by atoms with E-state index in [9.17, 15) is 4.39 Å². The van der Waals surface area contributed by atoms with Crippen molar-refractivity contribution in [1.82, 2.24) is 4.57 Å². The molecule has 0 amide bonds. The van der Waals surface area contributed by atoms with Gasteiger partial charge in [-0.1, -0.05) is 6.92 Å². The summed E-state index contributed by atoms with van der Waals surface area (Å²) in [5.74, 6) is 0.376. The van der Waals surface area contributed by atoms with Crippen molar-refractivity contribution in [2.75, 3.05) is 12.4 Å². The fourth-order valence-corrected chi connectivity index (χ4v) is 1.96. The van der Waals surface area contributed by atoms with Gasteiger partial charge in [0, 0.05) is 31.5 Å². The summed E-state index contributed by atoms with van der Waals surface area (Å²) in [5.41, 5.74) is 1.60. The third kappa shape index (κ3) is 3.50. The Morgan fingerprint density at radius 3 is 2.89 bits per heavy atom. The highest BCUT2D eigenvalue weighted by molar-refractivity contribution is 5.49. The fraction of sp³-hybridized carbons (Fsp3) is 0.333. The number of hydrogen-bond donors (Lipinski definition) is 1. The number of rotatable bonds is 6. The molecule has 0 saturated carbocycles. The third-order valence-corrected chi connectivity index (χ3v) is 2.95. The number of anilines is 1. The summed E-state index contributed by atoms with van der Waals surface area (Å²) < 4.78 is 20.8. The van der Waals surface area contributed by atoms with E-state index in [1.165, 1.54) is 6.07 Å². The van der Waals surface area contributed by atoms with Crippen LogP contribution in [0.5, 0.6) is 5.75 Å². The van der Waals surface area contributed by atoms with Crippen LogP contribution in [-0.4, -0.2) is 11.7 Å². The molecule has 0 atom stereocenters. The zero-order chi connectivity index (χ0) is 13.7. The molecule has 0 radical (unpaired) electrons. The highest BCUT2D eigenvalue weighted by atomic mass is 19.1. The molecule has 1 aromatic carbocycles. The van der Waals surface area contributed by atoms with Gasteiger partial charge in [0.25, 0.3) is 0 Å². The van der Waals surface area contributed by atoms with Crippen molar-refractivity contribution >= 4 is 5.69 Å². The van der Waals surface area contributed by atoms with Crippen LogP contribution in [0, 0.1) is 5.82 Å². The molecule has 0 spiro atoms. The SMILES string of the molecule is CCCn1ccc(CNc2cc(OC)ccc2F)c1.